The minimum atomic E-state index is 0.258. The molecule has 0 atom stereocenters. The van der Waals surface area contributed by atoms with E-state index in [2.05, 4.69) is 5.32 Å². The molecular formula is C5H7N3O. The van der Waals surface area contributed by atoms with Gasteiger partial charge in [0.15, 0.2) is 0 Å². The normalized spacial score (nSPS) is 5.56. The first-order valence-electron chi connectivity index (χ1n) is 2.15. The molecule has 0 aliphatic carbocycles. The standard InChI is InChI=1S/C4H5N3.CH2O/c5-1-3-7-4-2-6;1-2/h7H,3-4H2;1H2. The maximum Gasteiger partial charge on any atom is 0.106 e. The van der Waals surface area contributed by atoms with E-state index in [0.717, 1.165) is 0 Å². The van der Waals surface area contributed by atoms with Crippen molar-refractivity contribution in [2.75, 3.05) is 13.1 Å². The number of nitrogens with zero attached hydrogens (tertiary/aromatic N) is 2. The van der Waals surface area contributed by atoms with Gasteiger partial charge in [-0.15, -0.1) is 0 Å². The molecule has 0 bridgehead atoms. The fourth-order valence-corrected chi connectivity index (χ4v) is 0.174. The second-order valence-electron chi connectivity index (χ2n) is 0.920. The fraction of sp³-hybridized carbons (Fsp3) is 0.400. The highest BCUT2D eigenvalue weighted by Crippen LogP contribution is 1.50. The zero-order valence-corrected chi connectivity index (χ0v) is 4.92. The number of carbonyl (C=O) groups excluding carboxylic acids is 1. The molecule has 48 valence electrons. The second kappa shape index (κ2) is 16.0. The first-order valence-corrected chi connectivity index (χ1v) is 2.15. The predicted octanol–water partition coefficient (Wildman–Crippen LogP) is -0.562. The lowest BCUT2D eigenvalue weighted by Crippen LogP contribution is -2.12. The number of hydrogen-bond acceptors (Lipinski definition) is 4. The minimum absolute atomic E-state index is 0.258. The molecule has 0 radical (unpaired) electrons. The van der Waals surface area contributed by atoms with Gasteiger partial charge in [0.2, 0.25) is 0 Å². The van der Waals surface area contributed by atoms with Crippen molar-refractivity contribution in [2.24, 2.45) is 0 Å². The monoisotopic (exact) mass is 125 g/mol. The van der Waals surface area contributed by atoms with Crippen LogP contribution in [-0.4, -0.2) is 19.9 Å². The van der Waals surface area contributed by atoms with Crippen LogP contribution in [0.2, 0.25) is 0 Å². The molecule has 0 aromatic carbocycles. The molecule has 0 unspecified atom stereocenters. The van der Waals surface area contributed by atoms with Gasteiger partial charge in [-0.2, -0.15) is 10.5 Å². The van der Waals surface area contributed by atoms with Crippen molar-refractivity contribution in [3.63, 3.8) is 0 Å². The Morgan fingerprint density at radius 1 is 1.22 bits per heavy atom. The Balaban J connectivity index is 0. The van der Waals surface area contributed by atoms with Crippen LogP contribution in [0.1, 0.15) is 0 Å². The Morgan fingerprint density at radius 2 is 1.56 bits per heavy atom. The SMILES string of the molecule is C=O.N#CCNCC#N. The van der Waals surface area contributed by atoms with E-state index in [9.17, 15) is 0 Å². The van der Waals surface area contributed by atoms with E-state index in [1.807, 2.05) is 18.9 Å². The van der Waals surface area contributed by atoms with Crippen molar-refractivity contribution in [2.45, 2.75) is 0 Å². The molecule has 0 aromatic heterocycles. The van der Waals surface area contributed by atoms with E-state index < -0.39 is 0 Å². The van der Waals surface area contributed by atoms with Crippen molar-refractivity contribution in [1.29, 1.82) is 10.5 Å². The van der Waals surface area contributed by atoms with Gasteiger partial charge in [-0.25, -0.2) is 0 Å². The Labute approximate surface area is 53.7 Å². The van der Waals surface area contributed by atoms with Crippen molar-refractivity contribution in [3.05, 3.63) is 0 Å². The average Bonchev–Trinajstić information content (AvgIpc) is 1.94. The summed E-state index contributed by atoms with van der Waals surface area (Å²) in [6, 6.07) is 3.68. The number of hydrogen-bond donors (Lipinski definition) is 1. The van der Waals surface area contributed by atoms with Crippen LogP contribution in [0.5, 0.6) is 0 Å². The highest BCUT2D eigenvalue weighted by atomic mass is 16.1. The summed E-state index contributed by atoms with van der Waals surface area (Å²) in [6.07, 6.45) is 0. The Kier molecular flexibility index (Phi) is 18.7. The minimum Gasteiger partial charge on any atom is -0.307 e. The van der Waals surface area contributed by atoms with Gasteiger partial charge in [-0.3, -0.25) is 5.32 Å². The van der Waals surface area contributed by atoms with Crippen LogP contribution in [0.4, 0.5) is 0 Å². The maximum absolute atomic E-state index is 8.00. The topological polar surface area (TPSA) is 76.7 Å². The fourth-order valence-electron chi connectivity index (χ4n) is 0.174. The van der Waals surface area contributed by atoms with Crippen LogP contribution < -0.4 is 5.32 Å². The molecule has 4 heteroatoms. The molecule has 0 fully saturated rings. The van der Waals surface area contributed by atoms with Crippen LogP contribution >= 0.6 is 0 Å². The van der Waals surface area contributed by atoms with Crippen molar-refractivity contribution in [3.8, 4) is 12.1 Å². The van der Waals surface area contributed by atoms with Gasteiger partial charge < -0.3 is 4.79 Å². The zero-order chi connectivity index (χ0) is 7.54. The molecule has 0 saturated carbocycles. The van der Waals surface area contributed by atoms with E-state index in [1.54, 1.807) is 0 Å². The molecule has 0 rings (SSSR count). The van der Waals surface area contributed by atoms with E-state index in [4.69, 9.17) is 15.3 Å². The predicted molar refractivity (Wildman–Crippen MR) is 31.2 cm³/mol. The van der Waals surface area contributed by atoms with Gasteiger partial charge in [0.25, 0.3) is 0 Å². The third-order valence-corrected chi connectivity index (χ3v) is 0.408. The van der Waals surface area contributed by atoms with Gasteiger partial charge in [0.05, 0.1) is 25.2 Å². The molecule has 0 amide bonds. The van der Waals surface area contributed by atoms with Gasteiger partial charge >= 0.3 is 0 Å². The molecule has 0 heterocycles. The molecule has 0 saturated heterocycles. The molecule has 9 heavy (non-hydrogen) atoms. The van der Waals surface area contributed by atoms with E-state index in [1.165, 1.54) is 0 Å². The Morgan fingerprint density at radius 3 is 1.78 bits per heavy atom. The summed E-state index contributed by atoms with van der Waals surface area (Å²) in [4.78, 5) is 8.00. The lowest BCUT2D eigenvalue weighted by molar-refractivity contribution is -0.0979. The maximum atomic E-state index is 8.00. The van der Waals surface area contributed by atoms with E-state index >= 15 is 0 Å². The highest BCUT2D eigenvalue weighted by molar-refractivity contribution is 5.10. The molecule has 1 N–H and O–H groups in total. The van der Waals surface area contributed by atoms with Crippen LogP contribution in [0.25, 0.3) is 0 Å². The summed E-state index contributed by atoms with van der Waals surface area (Å²) >= 11 is 0. The smallest absolute Gasteiger partial charge is 0.106 e. The average molecular weight is 125 g/mol. The zero-order valence-electron chi connectivity index (χ0n) is 4.92. The van der Waals surface area contributed by atoms with Gasteiger partial charge in [0.1, 0.15) is 6.79 Å². The first kappa shape index (κ1) is 10.6. The number of rotatable bonds is 2. The third-order valence-electron chi connectivity index (χ3n) is 0.408. The quantitative estimate of drug-likeness (QED) is 0.396. The van der Waals surface area contributed by atoms with Crippen LogP contribution in [0.3, 0.4) is 0 Å². The van der Waals surface area contributed by atoms with Gasteiger partial charge in [-0.1, -0.05) is 0 Å². The summed E-state index contributed by atoms with van der Waals surface area (Å²) in [5, 5.41) is 18.3. The van der Waals surface area contributed by atoms with Gasteiger partial charge in [-0.05, 0) is 0 Å². The van der Waals surface area contributed by atoms with Crippen molar-refractivity contribution in [1.82, 2.24) is 5.32 Å². The Bertz CT molecular complexity index is 107. The van der Waals surface area contributed by atoms with Crippen LogP contribution in [-0.2, 0) is 4.79 Å². The number of carbonyl (C=O) groups is 1. The third kappa shape index (κ3) is 20.6. The summed E-state index contributed by atoms with van der Waals surface area (Å²) in [5.41, 5.74) is 0. The molecule has 0 aliphatic rings. The van der Waals surface area contributed by atoms with Crippen molar-refractivity contribution < 1.29 is 4.79 Å². The van der Waals surface area contributed by atoms with E-state index in [-0.39, 0.29) is 13.1 Å². The Hall–Kier alpha value is -1.39. The molecular weight excluding hydrogens is 118 g/mol. The summed E-state index contributed by atoms with van der Waals surface area (Å²) in [7, 11) is 0. The highest BCUT2D eigenvalue weighted by Gasteiger charge is 1.74. The lowest BCUT2D eigenvalue weighted by atomic mass is 10.6. The van der Waals surface area contributed by atoms with Crippen molar-refractivity contribution >= 4 is 6.79 Å². The molecule has 4 nitrogen and oxygen atoms in total. The molecule has 0 aromatic rings. The molecule has 0 aliphatic heterocycles. The summed E-state index contributed by atoms with van der Waals surface area (Å²) < 4.78 is 0. The van der Waals surface area contributed by atoms with Crippen LogP contribution in [0, 0.1) is 22.7 Å². The summed E-state index contributed by atoms with van der Waals surface area (Å²) in [5.74, 6) is 0. The van der Waals surface area contributed by atoms with Crippen LogP contribution in [0.15, 0.2) is 0 Å². The van der Waals surface area contributed by atoms with E-state index in [0.29, 0.717) is 0 Å². The second-order valence-corrected chi connectivity index (χ2v) is 0.920. The molecule has 0 spiro atoms. The largest absolute Gasteiger partial charge is 0.307 e. The number of nitrogens with one attached hydrogen (secondary N) is 1. The number of nitriles is 2. The summed E-state index contributed by atoms with van der Waals surface area (Å²) in [6.45, 7) is 2.52. The van der Waals surface area contributed by atoms with Gasteiger partial charge in [0, 0.05) is 0 Å². The first-order chi connectivity index (χ1) is 4.41. The lowest BCUT2D eigenvalue weighted by Gasteiger charge is -1.82.